The third-order valence-corrected chi connectivity index (χ3v) is 4.13. The number of amides is 2. The van der Waals surface area contributed by atoms with E-state index in [1.54, 1.807) is 6.26 Å². The molecule has 0 aliphatic carbocycles. The topological polar surface area (TPSA) is 57.5 Å². The molecule has 3 rings (SSSR count). The first-order chi connectivity index (χ1) is 11.3. The molecule has 0 saturated carbocycles. The lowest BCUT2D eigenvalue weighted by Crippen LogP contribution is -2.35. The number of furan rings is 1. The Bertz CT molecular complexity index is 619. The molecule has 1 aromatic heterocycles. The van der Waals surface area contributed by atoms with Gasteiger partial charge in [-0.05, 0) is 43.0 Å². The summed E-state index contributed by atoms with van der Waals surface area (Å²) in [6.45, 7) is 3.12. The Kier molecular flexibility index (Phi) is 5.19. The summed E-state index contributed by atoms with van der Waals surface area (Å²) in [6.07, 6.45) is 5.40. The molecular weight excluding hydrogens is 290 g/mol. The average Bonchev–Trinajstić information content (AvgIpc) is 3.13. The molecule has 0 radical (unpaired) electrons. The fraction of sp³-hybridized carbons (Fsp3) is 0.389. The smallest absolute Gasteiger partial charge is 0.315 e. The number of piperidine rings is 1. The molecule has 0 unspecified atom stereocenters. The van der Waals surface area contributed by atoms with E-state index in [4.69, 9.17) is 4.42 Å². The van der Waals surface area contributed by atoms with Crippen molar-refractivity contribution in [3.63, 3.8) is 0 Å². The van der Waals surface area contributed by atoms with E-state index < -0.39 is 0 Å². The van der Waals surface area contributed by atoms with Gasteiger partial charge in [-0.2, -0.15) is 0 Å². The summed E-state index contributed by atoms with van der Waals surface area (Å²) in [5.74, 6) is 0.744. The SMILES string of the molecule is O=C(NCc1ccco1)NCc1ccccc1N1CCCCC1. The molecule has 1 aromatic carbocycles. The second-order valence-corrected chi connectivity index (χ2v) is 5.79. The molecule has 2 amide bonds. The van der Waals surface area contributed by atoms with Crippen LogP contribution < -0.4 is 15.5 Å². The van der Waals surface area contributed by atoms with Crippen LogP contribution in [0, 0.1) is 0 Å². The minimum absolute atomic E-state index is 0.185. The molecule has 2 heterocycles. The van der Waals surface area contributed by atoms with Gasteiger partial charge in [0.1, 0.15) is 5.76 Å². The van der Waals surface area contributed by atoms with Crippen molar-refractivity contribution < 1.29 is 9.21 Å². The largest absolute Gasteiger partial charge is 0.467 e. The van der Waals surface area contributed by atoms with Gasteiger partial charge < -0.3 is 20.0 Å². The highest BCUT2D eigenvalue weighted by Gasteiger charge is 2.14. The highest BCUT2D eigenvalue weighted by atomic mass is 16.3. The third-order valence-electron chi connectivity index (χ3n) is 4.13. The normalized spacial score (nSPS) is 14.5. The molecule has 0 atom stereocenters. The molecular formula is C18H23N3O2. The van der Waals surface area contributed by atoms with Crippen molar-refractivity contribution in [3.8, 4) is 0 Å². The molecule has 5 nitrogen and oxygen atoms in total. The van der Waals surface area contributed by atoms with Crippen LogP contribution in [0.2, 0.25) is 0 Å². The molecule has 1 aliphatic heterocycles. The van der Waals surface area contributed by atoms with E-state index in [9.17, 15) is 4.79 Å². The van der Waals surface area contributed by atoms with Gasteiger partial charge >= 0.3 is 6.03 Å². The zero-order chi connectivity index (χ0) is 15.9. The summed E-state index contributed by atoms with van der Waals surface area (Å²) in [5.41, 5.74) is 2.39. The second-order valence-electron chi connectivity index (χ2n) is 5.79. The van der Waals surface area contributed by atoms with Gasteiger partial charge in [0.15, 0.2) is 0 Å². The summed E-state index contributed by atoms with van der Waals surface area (Å²) in [4.78, 5) is 14.3. The Balaban J connectivity index is 1.54. The van der Waals surface area contributed by atoms with Crippen LogP contribution in [0.3, 0.4) is 0 Å². The van der Waals surface area contributed by atoms with E-state index in [-0.39, 0.29) is 6.03 Å². The van der Waals surface area contributed by atoms with E-state index in [0.717, 1.165) is 24.4 Å². The molecule has 2 N–H and O–H groups in total. The van der Waals surface area contributed by atoms with Crippen molar-refractivity contribution in [2.24, 2.45) is 0 Å². The van der Waals surface area contributed by atoms with Gasteiger partial charge in [0.05, 0.1) is 12.8 Å². The molecule has 1 saturated heterocycles. The second kappa shape index (κ2) is 7.72. The molecule has 0 spiro atoms. The first-order valence-corrected chi connectivity index (χ1v) is 8.20. The minimum atomic E-state index is -0.185. The quantitative estimate of drug-likeness (QED) is 0.890. The lowest BCUT2D eigenvalue weighted by atomic mass is 10.1. The third kappa shape index (κ3) is 4.28. The van der Waals surface area contributed by atoms with Crippen LogP contribution in [0.15, 0.2) is 47.1 Å². The number of hydrogen-bond donors (Lipinski definition) is 2. The molecule has 1 fully saturated rings. The van der Waals surface area contributed by atoms with Gasteiger partial charge in [-0.3, -0.25) is 0 Å². The number of anilines is 1. The van der Waals surface area contributed by atoms with E-state index in [1.165, 1.54) is 24.9 Å². The summed E-state index contributed by atoms with van der Waals surface area (Å²) in [5, 5.41) is 5.72. The lowest BCUT2D eigenvalue weighted by molar-refractivity contribution is 0.239. The summed E-state index contributed by atoms with van der Waals surface area (Å²) >= 11 is 0. The van der Waals surface area contributed by atoms with Crippen molar-refractivity contribution in [2.75, 3.05) is 18.0 Å². The van der Waals surface area contributed by atoms with Gasteiger partial charge in [-0.25, -0.2) is 4.79 Å². The zero-order valence-electron chi connectivity index (χ0n) is 13.3. The van der Waals surface area contributed by atoms with Crippen molar-refractivity contribution in [1.82, 2.24) is 10.6 Å². The van der Waals surface area contributed by atoms with E-state index in [0.29, 0.717) is 13.1 Å². The predicted octanol–water partition coefficient (Wildman–Crippen LogP) is 3.27. The van der Waals surface area contributed by atoms with Crippen LogP contribution in [0.1, 0.15) is 30.6 Å². The monoisotopic (exact) mass is 313 g/mol. The number of hydrogen-bond acceptors (Lipinski definition) is 3. The fourth-order valence-corrected chi connectivity index (χ4v) is 2.92. The molecule has 2 aromatic rings. The lowest BCUT2D eigenvalue weighted by Gasteiger charge is -2.30. The van der Waals surface area contributed by atoms with Gasteiger partial charge in [0.25, 0.3) is 0 Å². The summed E-state index contributed by atoms with van der Waals surface area (Å²) in [7, 11) is 0. The number of carbonyl (C=O) groups is 1. The van der Waals surface area contributed by atoms with Crippen LogP contribution in [0.4, 0.5) is 10.5 Å². The van der Waals surface area contributed by atoms with Gasteiger partial charge in [0.2, 0.25) is 0 Å². The number of rotatable bonds is 5. The Morgan fingerprint density at radius 3 is 2.57 bits per heavy atom. The summed E-state index contributed by atoms with van der Waals surface area (Å²) < 4.78 is 5.20. The average molecular weight is 313 g/mol. The molecule has 1 aliphatic rings. The van der Waals surface area contributed by atoms with E-state index in [1.807, 2.05) is 18.2 Å². The maximum atomic E-state index is 11.9. The van der Waals surface area contributed by atoms with Crippen molar-refractivity contribution in [3.05, 3.63) is 54.0 Å². The zero-order valence-corrected chi connectivity index (χ0v) is 13.3. The Morgan fingerprint density at radius 1 is 1.00 bits per heavy atom. The highest BCUT2D eigenvalue weighted by molar-refractivity contribution is 5.74. The summed E-state index contributed by atoms with van der Waals surface area (Å²) in [6, 6.07) is 11.8. The van der Waals surface area contributed by atoms with Crippen molar-refractivity contribution >= 4 is 11.7 Å². The van der Waals surface area contributed by atoms with Crippen LogP contribution in [0.5, 0.6) is 0 Å². The fourth-order valence-electron chi connectivity index (χ4n) is 2.92. The number of nitrogens with one attached hydrogen (secondary N) is 2. The van der Waals surface area contributed by atoms with E-state index >= 15 is 0 Å². The number of benzene rings is 1. The Labute approximate surface area is 136 Å². The molecule has 23 heavy (non-hydrogen) atoms. The van der Waals surface area contributed by atoms with Gasteiger partial charge in [-0.1, -0.05) is 18.2 Å². The van der Waals surface area contributed by atoms with Crippen LogP contribution in [0.25, 0.3) is 0 Å². The molecule has 0 bridgehead atoms. The number of urea groups is 1. The van der Waals surface area contributed by atoms with Gasteiger partial charge in [-0.15, -0.1) is 0 Å². The standard InChI is InChI=1S/C18H23N3O2/c22-18(20-14-16-8-6-12-23-16)19-13-15-7-2-3-9-17(15)21-10-4-1-5-11-21/h2-3,6-9,12H,1,4-5,10-11,13-14H2,(H2,19,20,22). The number of para-hydroxylation sites is 1. The first kappa shape index (κ1) is 15.5. The van der Waals surface area contributed by atoms with Crippen LogP contribution >= 0.6 is 0 Å². The maximum absolute atomic E-state index is 11.9. The van der Waals surface area contributed by atoms with Crippen LogP contribution in [-0.2, 0) is 13.1 Å². The predicted molar refractivity (Wildman–Crippen MR) is 90.3 cm³/mol. The van der Waals surface area contributed by atoms with Gasteiger partial charge in [0, 0.05) is 25.3 Å². The van der Waals surface area contributed by atoms with E-state index in [2.05, 4.69) is 33.7 Å². The molecule has 5 heteroatoms. The minimum Gasteiger partial charge on any atom is -0.467 e. The molecule has 122 valence electrons. The number of carbonyl (C=O) groups excluding carboxylic acids is 1. The van der Waals surface area contributed by atoms with Crippen molar-refractivity contribution in [1.29, 1.82) is 0 Å². The Morgan fingerprint density at radius 2 is 1.78 bits per heavy atom. The maximum Gasteiger partial charge on any atom is 0.315 e. The number of nitrogens with zero attached hydrogens (tertiary/aromatic N) is 1. The van der Waals surface area contributed by atoms with Crippen molar-refractivity contribution in [2.45, 2.75) is 32.4 Å². The Hall–Kier alpha value is -2.43. The van der Waals surface area contributed by atoms with Crippen LogP contribution in [-0.4, -0.2) is 19.1 Å². The first-order valence-electron chi connectivity index (χ1n) is 8.20. The highest BCUT2D eigenvalue weighted by Crippen LogP contribution is 2.23.